The van der Waals surface area contributed by atoms with Gasteiger partial charge in [0.1, 0.15) is 0 Å². The molecular formula is C12H6Cl3NO2. The predicted octanol–water partition coefficient (Wildman–Crippen LogP) is 4.41. The second-order valence-corrected chi connectivity index (χ2v) is 4.73. The number of halogens is 3. The number of aromatic carboxylic acids is 1. The summed E-state index contributed by atoms with van der Waals surface area (Å²) in [5.41, 5.74) is 0.906. The van der Waals surface area contributed by atoms with Gasteiger partial charge in [-0.25, -0.2) is 9.78 Å². The van der Waals surface area contributed by atoms with Gasteiger partial charge in [-0.2, -0.15) is 0 Å². The molecule has 0 fully saturated rings. The van der Waals surface area contributed by atoms with Gasteiger partial charge in [-0.05, 0) is 23.8 Å². The lowest BCUT2D eigenvalue weighted by atomic mass is 10.0. The van der Waals surface area contributed by atoms with Crippen LogP contribution in [0.3, 0.4) is 0 Å². The van der Waals surface area contributed by atoms with Crippen LogP contribution in [0.5, 0.6) is 0 Å². The zero-order chi connectivity index (χ0) is 13.3. The van der Waals surface area contributed by atoms with Crippen molar-refractivity contribution in [1.82, 2.24) is 4.98 Å². The molecule has 18 heavy (non-hydrogen) atoms. The second-order valence-electron chi connectivity index (χ2n) is 3.48. The van der Waals surface area contributed by atoms with Crippen LogP contribution in [-0.2, 0) is 0 Å². The van der Waals surface area contributed by atoms with E-state index >= 15 is 0 Å². The Bertz CT molecular complexity index is 629. The van der Waals surface area contributed by atoms with E-state index in [1.165, 1.54) is 12.3 Å². The van der Waals surface area contributed by atoms with Crippen molar-refractivity contribution in [3.05, 3.63) is 51.2 Å². The Morgan fingerprint density at radius 3 is 2.44 bits per heavy atom. The van der Waals surface area contributed by atoms with E-state index in [0.29, 0.717) is 26.2 Å². The van der Waals surface area contributed by atoms with E-state index in [1.54, 1.807) is 18.2 Å². The number of nitrogens with zero attached hydrogens (tertiary/aromatic N) is 1. The lowest BCUT2D eigenvalue weighted by molar-refractivity contribution is 0.0691. The molecule has 0 aliphatic rings. The molecule has 0 amide bonds. The predicted molar refractivity (Wildman–Crippen MR) is 71.7 cm³/mol. The number of carbonyl (C=O) groups is 1. The van der Waals surface area contributed by atoms with E-state index < -0.39 is 5.97 Å². The highest BCUT2D eigenvalue weighted by atomic mass is 35.5. The van der Waals surface area contributed by atoms with Gasteiger partial charge in [-0.1, -0.05) is 40.9 Å². The quantitative estimate of drug-likeness (QED) is 0.894. The summed E-state index contributed by atoms with van der Waals surface area (Å²) < 4.78 is 0. The number of rotatable bonds is 2. The van der Waals surface area contributed by atoms with Gasteiger partial charge in [0.15, 0.2) is 5.69 Å². The van der Waals surface area contributed by atoms with Gasteiger partial charge < -0.3 is 5.11 Å². The molecule has 1 N–H and O–H groups in total. The van der Waals surface area contributed by atoms with Crippen molar-refractivity contribution < 1.29 is 9.90 Å². The Morgan fingerprint density at radius 2 is 1.83 bits per heavy atom. The van der Waals surface area contributed by atoms with Crippen LogP contribution in [0.25, 0.3) is 11.1 Å². The lowest BCUT2D eigenvalue weighted by Crippen LogP contribution is -2.02. The highest BCUT2D eigenvalue weighted by molar-refractivity contribution is 6.42. The maximum Gasteiger partial charge on any atom is 0.355 e. The lowest BCUT2D eigenvalue weighted by Gasteiger charge is -2.07. The SMILES string of the molecule is O=C(O)c1ncc(Cl)cc1-c1ccc(Cl)c(Cl)c1. The van der Waals surface area contributed by atoms with Gasteiger partial charge in [0, 0.05) is 11.8 Å². The summed E-state index contributed by atoms with van der Waals surface area (Å²) in [6.07, 6.45) is 1.28. The van der Waals surface area contributed by atoms with E-state index in [4.69, 9.17) is 39.9 Å². The van der Waals surface area contributed by atoms with Crippen LogP contribution in [0.4, 0.5) is 0 Å². The molecule has 6 heteroatoms. The molecule has 1 heterocycles. The van der Waals surface area contributed by atoms with Gasteiger partial charge in [0.25, 0.3) is 0 Å². The highest BCUT2D eigenvalue weighted by Crippen LogP contribution is 2.31. The molecule has 0 unspecified atom stereocenters. The third kappa shape index (κ3) is 2.58. The summed E-state index contributed by atoms with van der Waals surface area (Å²) in [6, 6.07) is 6.35. The minimum absolute atomic E-state index is 0.0854. The van der Waals surface area contributed by atoms with Crippen LogP contribution in [0.2, 0.25) is 15.1 Å². The Hall–Kier alpha value is -1.29. The number of hydrogen-bond acceptors (Lipinski definition) is 2. The largest absolute Gasteiger partial charge is 0.476 e. The topological polar surface area (TPSA) is 50.2 Å². The molecule has 0 spiro atoms. The van der Waals surface area contributed by atoms with Crippen molar-refractivity contribution >= 4 is 40.8 Å². The van der Waals surface area contributed by atoms with E-state index in [2.05, 4.69) is 4.98 Å². The summed E-state index contributed by atoms with van der Waals surface area (Å²) in [5.74, 6) is -1.13. The van der Waals surface area contributed by atoms with Crippen molar-refractivity contribution in [3.63, 3.8) is 0 Å². The molecule has 0 bridgehead atoms. The molecule has 92 valence electrons. The summed E-state index contributed by atoms with van der Waals surface area (Å²) in [4.78, 5) is 14.9. The first-order valence-corrected chi connectivity index (χ1v) is 5.96. The van der Waals surface area contributed by atoms with Gasteiger partial charge in [0.2, 0.25) is 0 Å². The summed E-state index contributed by atoms with van der Waals surface area (Å²) >= 11 is 17.5. The maximum atomic E-state index is 11.1. The normalized spacial score (nSPS) is 10.4. The maximum absolute atomic E-state index is 11.1. The monoisotopic (exact) mass is 301 g/mol. The number of carboxylic acids is 1. The first-order valence-electron chi connectivity index (χ1n) is 4.83. The smallest absolute Gasteiger partial charge is 0.355 e. The van der Waals surface area contributed by atoms with Crippen LogP contribution in [0.15, 0.2) is 30.5 Å². The molecule has 0 atom stereocenters. The molecule has 0 radical (unpaired) electrons. The van der Waals surface area contributed by atoms with Crippen molar-refractivity contribution in [1.29, 1.82) is 0 Å². The fraction of sp³-hybridized carbons (Fsp3) is 0. The Kier molecular flexibility index (Phi) is 3.76. The van der Waals surface area contributed by atoms with E-state index in [0.717, 1.165) is 0 Å². The number of aromatic nitrogens is 1. The fourth-order valence-electron chi connectivity index (χ4n) is 1.49. The number of carboxylic acid groups (broad SMARTS) is 1. The van der Waals surface area contributed by atoms with Crippen LogP contribution in [-0.4, -0.2) is 16.1 Å². The van der Waals surface area contributed by atoms with Crippen molar-refractivity contribution in [2.24, 2.45) is 0 Å². The van der Waals surface area contributed by atoms with Crippen LogP contribution in [0.1, 0.15) is 10.5 Å². The summed E-state index contributed by atoms with van der Waals surface area (Å²) in [6.45, 7) is 0. The second kappa shape index (κ2) is 5.14. The van der Waals surface area contributed by atoms with Gasteiger partial charge >= 0.3 is 5.97 Å². The number of hydrogen-bond donors (Lipinski definition) is 1. The standard InChI is InChI=1S/C12H6Cl3NO2/c13-7-4-8(11(12(17)18)16-5-7)6-1-2-9(14)10(15)3-6/h1-5H,(H,17,18). The third-order valence-corrected chi connectivity index (χ3v) is 3.23. The molecule has 3 nitrogen and oxygen atoms in total. The Morgan fingerprint density at radius 1 is 1.11 bits per heavy atom. The Balaban J connectivity index is 2.65. The van der Waals surface area contributed by atoms with Crippen LogP contribution in [0, 0.1) is 0 Å². The van der Waals surface area contributed by atoms with E-state index in [-0.39, 0.29) is 5.69 Å². The molecule has 1 aromatic carbocycles. The van der Waals surface area contributed by atoms with Crippen LogP contribution < -0.4 is 0 Å². The summed E-state index contributed by atoms with van der Waals surface area (Å²) in [7, 11) is 0. The van der Waals surface area contributed by atoms with E-state index in [9.17, 15) is 4.79 Å². The molecule has 0 aliphatic carbocycles. The van der Waals surface area contributed by atoms with Gasteiger partial charge in [-0.3, -0.25) is 0 Å². The zero-order valence-electron chi connectivity index (χ0n) is 8.82. The summed E-state index contributed by atoms with van der Waals surface area (Å²) in [5, 5.41) is 10.2. The first-order chi connectivity index (χ1) is 8.49. The van der Waals surface area contributed by atoms with Gasteiger partial charge in [-0.15, -0.1) is 0 Å². The van der Waals surface area contributed by atoms with Crippen molar-refractivity contribution in [3.8, 4) is 11.1 Å². The highest BCUT2D eigenvalue weighted by Gasteiger charge is 2.14. The fourth-order valence-corrected chi connectivity index (χ4v) is 1.95. The molecule has 0 saturated carbocycles. The minimum atomic E-state index is -1.13. The average molecular weight is 303 g/mol. The third-order valence-electron chi connectivity index (χ3n) is 2.29. The molecule has 2 aromatic rings. The Labute approximate surface area is 118 Å². The first kappa shape index (κ1) is 13.1. The minimum Gasteiger partial charge on any atom is -0.476 e. The van der Waals surface area contributed by atoms with E-state index in [1.807, 2.05) is 0 Å². The van der Waals surface area contributed by atoms with Crippen molar-refractivity contribution in [2.45, 2.75) is 0 Å². The molecule has 0 aliphatic heterocycles. The number of pyridine rings is 1. The molecule has 1 aromatic heterocycles. The molecule has 2 rings (SSSR count). The molecular weight excluding hydrogens is 296 g/mol. The van der Waals surface area contributed by atoms with Crippen molar-refractivity contribution in [2.75, 3.05) is 0 Å². The van der Waals surface area contributed by atoms with Gasteiger partial charge in [0.05, 0.1) is 15.1 Å². The zero-order valence-corrected chi connectivity index (χ0v) is 11.1. The van der Waals surface area contributed by atoms with Crippen LogP contribution >= 0.6 is 34.8 Å². The average Bonchev–Trinajstić information content (AvgIpc) is 2.32. The number of benzene rings is 1. The molecule has 0 saturated heterocycles.